The number of benzene rings is 3. The summed E-state index contributed by atoms with van der Waals surface area (Å²) in [5, 5.41) is 0. The van der Waals surface area contributed by atoms with E-state index in [9.17, 15) is 9.59 Å². The fourth-order valence-electron chi connectivity index (χ4n) is 3.39. The third-order valence-electron chi connectivity index (χ3n) is 4.77. The number of esters is 1. The Morgan fingerprint density at radius 1 is 0.906 bits per heavy atom. The van der Waals surface area contributed by atoms with Crippen LogP contribution in [0.25, 0.3) is 0 Å². The van der Waals surface area contributed by atoms with Gasteiger partial charge in [0.25, 0.3) is 5.91 Å². The zero-order valence-corrected chi connectivity index (χ0v) is 18.8. The normalized spacial score (nSPS) is 12.1. The molecule has 0 aliphatic carbocycles. The third-order valence-corrected chi connectivity index (χ3v) is 5.90. The summed E-state index contributed by atoms with van der Waals surface area (Å²) in [6.07, 6.45) is -0.0345. The molecule has 0 radical (unpaired) electrons. The number of para-hydroxylation sites is 2. The molecule has 0 saturated carbocycles. The van der Waals surface area contributed by atoms with Crippen LogP contribution in [-0.4, -0.2) is 31.7 Å². The highest BCUT2D eigenvalue weighted by molar-refractivity contribution is 7.99. The largest absolute Gasteiger partial charge is 0.493 e. The van der Waals surface area contributed by atoms with Crippen LogP contribution < -0.4 is 14.4 Å². The molecule has 1 aliphatic heterocycles. The molecule has 1 aliphatic rings. The summed E-state index contributed by atoms with van der Waals surface area (Å²) in [6, 6.07) is 20.1. The summed E-state index contributed by atoms with van der Waals surface area (Å²) in [5.41, 5.74) is 1.82. The van der Waals surface area contributed by atoms with Crippen molar-refractivity contribution in [2.24, 2.45) is 0 Å². The van der Waals surface area contributed by atoms with E-state index in [0.29, 0.717) is 11.5 Å². The molecule has 3 aromatic rings. The van der Waals surface area contributed by atoms with Crippen molar-refractivity contribution in [3.8, 4) is 11.5 Å². The second-order valence-electron chi connectivity index (χ2n) is 7.38. The van der Waals surface area contributed by atoms with E-state index in [4.69, 9.17) is 14.2 Å². The van der Waals surface area contributed by atoms with Gasteiger partial charge in [-0.1, -0.05) is 36.0 Å². The van der Waals surface area contributed by atoms with E-state index in [1.54, 1.807) is 34.9 Å². The Morgan fingerprint density at radius 3 is 2.12 bits per heavy atom. The van der Waals surface area contributed by atoms with Gasteiger partial charge >= 0.3 is 5.97 Å². The molecular formula is C25H23NO5S. The summed E-state index contributed by atoms with van der Waals surface area (Å²) >= 11 is 1.61. The van der Waals surface area contributed by atoms with E-state index in [1.165, 1.54) is 7.11 Å². The van der Waals surface area contributed by atoms with E-state index in [1.807, 2.05) is 62.4 Å². The Bertz CT molecular complexity index is 1120. The van der Waals surface area contributed by atoms with Crippen LogP contribution in [0.15, 0.2) is 76.5 Å². The molecule has 0 unspecified atom stereocenters. The number of hydrogen-bond acceptors (Lipinski definition) is 6. The monoisotopic (exact) mass is 449 g/mol. The lowest BCUT2D eigenvalue weighted by Gasteiger charge is -2.30. The molecule has 0 aromatic heterocycles. The molecule has 32 heavy (non-hydrogen) atoms. The first-order valence-corrected chi connectivity index (χ1v) is 11.0. The first-order valence-electron chi connectivity index (χ1n) is 10.2. The first kappa shape index (κ1) is 21.8. The predicted molar refractivity (Wildman–Crippen MR) is 123 cm³/mol. The number of methoxy groups -OCH3 is 1. The lowest BCUT2D eigenvalue weighted by molar-refractivity contribution is -0.121. The minimum Gasteiger partial charge on any atom is -0.493 e. The SMILES string of the molecule is COc1cc(C(=O)OCC(=O)N2c3ccccc3Sc3ccccc32)ccc1OC(C)C. The maximum Gasteiger partial charge on any atom is 0.338 e. The van der Waals surface area contributed by atoms with E-state index in [-0.39, 0.29) is 17.6 Å². The van der Waals surface area contributed by atoms with Crippen LogP contribution in [0.5, 0.6) is 11.5 Å². The zero-order valence-electron chi connectivity index (χ0n) is 18.0. The van der Waals surface area contributed by atoms with Crippen molar-refractivity contribution < 1.29 is 23.8 Å². The van der Waals surface area contributed by atoms with Crippen LogP contribution in [0, 0.1) is 0 Å². The van der Waals surface area contributed by atoms with Crippen LogP contribution in [0.2, 0.25) is 0 Å². The topological polar surface area (TPSA) is 65.1 Å². The second kappa shape index (κ2) is 9.36. The minimum absolute atomic E-state index is 0.0345. The fraction of sp³-hybridized carbons (Fsp3) is 0.200. The van der Waals surface area contributed by atoms with Crippen LogP contribution in [0.3, 0.4) is 0 Å². The summed E-state index contributed by atoms with van der Waals surface area (Å²) in [4.78, 5) is 29.3. The first-order chi connectivity index (χ1) is 15.5. The molecule has 0 fully saturated rings. The van der Waals surface area contributed by atoms with Gasteiger partial charge < -0.3 is 14.2 Å². The van der Waals surface area contributed by atoms with Crippen molar-refractivity contribution in [2.75, 3.05) is 18.6 Å². The zero-order chi connectivity index (χ0) is 22.7. The van der Waals surface area contributed by atoms with Crippen molar-refractivity contribution in [2.45, 2.75) is 29.7 Å². The van der Waals surface area contributed by atoms with Gasteiger partial charge in [0.1, 0.15) is 0 Å². The number of fused-ring (bicyclic) bond motifs is 2. The van der Waals surface area contributed by atoms with Gasteiger partial charge in [0.05, 0.1) is 30.2 Å². The van der Waals surface area contributed by atoms with E-state index in [2.05, 4.69) is 0 Å². The molecule has 0 N–H and O–H groups in total. The molecule has 1 amide bonds. The summed E-state index contributed by atoms with van der Waals surface area (Å²) < 4.78 is 16.4. The smallest absolute Gasteiger partial charge is 0.338 e. The Hall–Kier alpha value is -3.45. The van der Waals surface area contributed by atoms with Gasteiger partial charge in [0.15, 0.2) is 18.1 Å². The molecule has 6 nitrogen and oxygen atoms in total. The molecule has 0 bridgehead atoms. The summed E-state index contributed by atoms with van der Waals surface area (Å²) in [5.74, 6) is 0.0236. The Kier molecular flexibility index (Phi) is 6.37. The average Bonchev–Trinajstić information content (AvgIpc) is 2.80. The molecule has 3 aromatic carbocycles. The molecule has 1 heterocycles. The van der Waals surface area contributed by atoms with Crippen molar-refractivity contribution in [3.63, 3.8) is 0 Å². The van der Waals surface area contributed by atoms with Crippen molar-refractivity contribution in [1.29, 1.82) is 0 Å². The van der Waals surface area contributed by atoms with Gasteiger partial charge in [-0.25, -0.2) is 4.79 Å². The summed E-state index contributed by atoms with van der Waals surface area (Å²) in [7, 11) is 1.50. The highest BCUT2D eigenvalue weighted by Gasteiger charge is 2.28. The van der Waals surface area contributed by atoms with Crippen LogP contribution >= 0.6 is 11.8 Å². The lowest BCUT2D eigenvalue weighted by Crippen LogP contribution is -2.32. The molecule has 0 atom stereocenters. The van der Waals surface area contributed by atoms with Gasteiger partial charge in [-0.3, -0.25) is 9.69 Å². The molecule has 4 rings (SSSR count). The minimum atomic E-state index is -0.610. The fourth-order valence-corrected chi connectivity index (χ4v) is 4.45. The maximum atomic E-state index is 13.2. The second-order valence-corrected chi connectivity index (χ2v) is 8.46. The number of carbonyl (C=O) groups is 2. The van der Waals surface area contributed by atoms with Gasteiger partial charge in [-0.05, 0) is 56.3 Å². The molecule has 7 heteroatoms. The van der Waals surface area contributed by atoms with Crippen LogP contribution in [0.4, 0.5) is 11.4 Å². The number of rotatable bonds is 6. The molecule has 164 valence electrons. The maximum absolute atomic E-state index is 13.2. The third kappa shape index (κ3) is 4.43. The van der Waals surface area contributed by atoms with E-state index in [0.717, 1.165) is 21.2 Å². The molecule has 0 saturated heterocycles. The number of amides is 1. The van der Waals surface area contributed by atoms with Crippen LogP contribution in [0.1, 0.15) is 24.2 Å². The van der Waals surface area contributed by atoms with E-state index >= 15 is 0 Å². The highest BCUT2D eigenvalue weighted by Crippen LogP contribution is 2.47. The number of carbonyl (C=O) groups excluding carboxylic acids is 2. The average molecular weight is 450 g/mol. The van der Waals surface area contributed by atoms with Gasteiger partial charge in [-0.2, -0.15) is 0 Å². The van der Waals surface area contributed by atoms with Crippen molar-refractivity contribution >= 4 is 35.0 Å². The molecular weight excluding hydrogens is 426 g/mol. The van der Waals surface area contributed by atoms with E-state index < -0.39 is 12.6 Å². The van der Waals surface area contributed by atoms with Crippen molar-refractivity contribution in [3.05, 3.63) is 72.3 Å². The van der Waals surface area contributed by atoms with Crippen LogP contribution in [-0.2, 0) is 9.53 Å². The van der Waals surface area contributed by atoms with Gasteiger partial charge in [0.2, 0.25) is 0 Å². The van der Waals surface area contributed by atoms with Crippen molar-refractivity contribution in [1.82, 2.24) is 0 Å². The highest BCUT2D eigenvalue weighted by atomic mass is 32.2. The number of ether oxygens (including phenoxy) is 3. The Balaban J connectivity index is 1.52. The number of nitrogens with zero attached hydrogens (tertiary/aromatic N) is 1. The van der Waals surface area contributed by atoms with Gasteiger partial charge in [-0.15, -0.1) is 0 Å². The number of hydrogen-bond donors (Lipinski definition) is 0. The predicted octanol–water partition coefficient (Wildman–Crippen LogP) is 5.47. The standard InChI is InChI=1S/C25H23NO5S/c1-16(2)31-20-13-12-17(14-21(20)29-3)25(28)30-15-24(27)26-18-8-4-6-10-22(18)32-23-11-7-5-9-19(23)26/h4-14,16H,15H2,1-3H3. The lowest BCUT2D eigenvalue weighted by atomic mass is 10.2. The Labute approximate surface area is 191 Å². The number of anilines is 2. The molecule has 0 spiro atoms. The Morgan fingerprint density at radius 2 is 1.53 bits per heavy atom. The van der Waals surface area contributed by atoms with Gasteiger partial charge in [0, 0.05) is 9.79 Å². The summed E-state index contributed by atoms with van der Waals surface area (Å²) in [6.45, 7) is 3.42. The quantitative estimate of drug-likeness (QED) is 0.465.